The Morgan fingerprint density at radius 3 is 2.81 bits per heavy atom. The summed E-state index contributed by atoms with van der Waals surface area (Å²) in [5, 5.41) is 0. The van der Waals surface area contributed by atoms with Crippen LogP contribution >= 0.6 is 38.5 Å². The van der Waals surface area contributed by atoms with E-state index in [2.05, 4.69) is 25.7 Å². The zero-order chi connectivity index (χ0) is 12.3. The minimum absolute atomic E-state index is 0.0602. The molecular weight excluding hydrogens is 399 g/mol. The lowest BCUT2D eigenvalue weighted by atomic mass is 10.1. The average molecular weight is 406 g/mol. The molecule has 0 saturated heterocycles. The summed E-state index contributed by atoms with van der Waals surface area (Å²) in [5.41, 5.74) is 0.0901. The molecule has 16 heavy (non-hydrogen) atoms. The lowest BCUT2D eigenvalue weighted by molar-refractivity contribution is -0.139. The Kier molecular flexibility index (Phi) is 5.03. The van der Waals surface area contributed by atoms with Crippen molar-refractivity contribution >= 4 is 44.5 Å². The van der Waals surface area contributed by atoms with Crippen molar-refractivity contribution in [2.45, 2.75) is 12.8 Å². The molecule has 1 rings (SSSR count). The van der Waals surface area contributed by atoms with Crippen LogP contribution in [0.25, 0.3) is 0 Å². The number of methoxy groups -OCH3 is 1. The maximum atomic E-state index is 12.6. The van der Waals surface area contributed by atoms with Gasteiger partial charge >= 0.3 is 5.97 Å². The van der Waals surface area contributed by atoms with Gasteiger partial charge in [0.05, 0.1) is 13.5 Å². The van der Waals surface area contributed by atoms with E-state index in [-0.39, 0.29) is 16.6 Å². The Balaban J connectivity index is 3.14. The number of hydrogen-bond donors (Lipinski definition) is 0. The van der Waals surface area contributed by atoms with Crippen LogP contribution in [0.1, 0.15) is 17.7 Å². The smallest absolute Gasteiger partial charge is 0.310 e. The molecule has 0 radical (unpaired) electrons. The third-order valence-electron chi connectivity index (χ3n) is 1.80. The number of alkyl halides is 2. The molecule has 1 aromatic heterocycles. The first kappa shape index (κ1) is 13.8. The Morgan fingerprint density at radius 2 is 2.31 bits per heavy atom. The number of rotatable bonds is 3. The second kappa shape index (κ2) is 5.85. The zero-order valence-electron chi connectivity index (χ0n) is 8.14. The van der Waals surface area contributed by atoms with E-state index < -0.39 is 12.4 Å². The first-order valence-corrected chi connectivity index (χ1v) is 6.02. The zero-order valence-corrected chi connectivity index (χ0v) is 11.9. The highest BCUT2D eigenvalue weighted by molar-refractivity contribution is 14.1. The summed E-state index contributed by atoms with van der Waals surface area (Å²) >= 11 is 4.84. The molecule has 7 heteroatoms. The fraction of sp³-hybridized carbons (Fsp3) is 0.333. The molecule has 0 N–H and O–H groups in total. The first-order chi connectivity index (χ1) is 7.45. The minimum Gasteiger partial charge on any atom is -0.469 e. The molecule has 0 saturated carbocycles. The van der Waals surface area contributed by atoms with Crippen molar-refractivity contribution in [3.05, 3.63) is 25.5 Å². The van der Waals surface area contributed by atoms with Gasteiger partial charge < -0.3 is 4.74 Å². The van der Waals surface area contributed by atoms with Gasteiger partial charge in [0.2, 0.25) is 0 Å². The van der Waals surface area contributed by atoms with Crippen molar-refractivity contribution in [2.75, 3.05) is 7.11 Å². The van der Waals surface area contributed by atoms with Crippen molar-refractivity contribution in [3.63, 3.8) is 0 Å². The van der Waals surface area contributed by atoms with E-state index in [0.717, 1.165) is 0 Å². The third-order valence-corrected chi connectivity index (χ3v) is 3.26. The number of nitrogens with zero attached hydrogens (tertiary/aromatic N) is 1. The van der Waals surface area contributed by atoms with Crippen LogP contribution < -0.4 is 0 Å². The van der Waals surface area contributed by atoms with Crippen LogP contribution in [0.2, 0.25) is 0 Å². The van der Waals surface area contributed by atoms with Crippen molar-refractivity contribution in [3.8, 4) is 0 Å². The van der Waals surface area contributed by atoms with E-state index in [1.165, 1.54) is 7.11 Å². The summed E-state index contributed by atoms with van der Waals surface area (Å²) in [6.45, 7) is 0. The summed E-state index contributed by atoms with van der Waals surface area (Å²) in [4.78, 5) is 14.8. The van der Waals surface area contributed by atoms with Gasteiger partial charge in [-0.15, -0.1) is 0 Å². The summed E-state index contributed by atoms with van der Waals surface area (Å²) < 4.78 is 30.2. The molecular formula is C9H7BrF2INO2. The second-order valence-electron chi connectivity index (χ2n) is 2.86. The van der Waals surface area contributed by atoms with Crippen LogP contribution in [-0.4, -0.2) is 18.1 Å². The molecule has 0 aliphatic heterocycles. The molecule has 1 aromatic rings. The monoisotopic (exact) mass is 405 g/mol. The predicted octanol–water partition coefficient (Wildman–Crippen LogP) is 3.10. The molecule has 3 nitrogen and oxygen atoms in total. The van der Waals surface area contributed by atoms with Gasteiger partial charge in [-0.2, -0.15) is 0 Å². The summed E-state index contributed by atoms with van der Waals surface area (Å²) in [6, 6.07) is 1.56. The third kappa shape index (κ3) is 3.34. The van der Waals surface area contributed by atoms with Crippen LogP contribution in [-0.2, 0) is 16.0 Å². The quantitative estimate of drug-likeness (QED) is 0.440. The molecule has 0 amide bonds. The molecule has 0 fully saturated rings. The van der Waals surface area contributed by atoms with E-state index in [1.807, 2.05) is 22.6 Å². The number of aromatic nitrogens is 1. The van der Waals surface area contributed by atoms with Gasteiger partial charge in [0.15, 0.2) is 0 Å². The van der Waals surface area contributed by atoms with Gasteiger partial charge in [-0.3, -0.25) is 4.79 Å². The fourth-order valence-corrected chi connectivity index (χ4v) is 2.22. The Bertz CT molecular complexity index is 415. The van der Waals surface area contributed by atoms with Crippen molar-refractivity contribution in [2.24, 2.45) is 0 Å². The van der Waals surface area contributed by atoms with Gasteiger partial charge in [0, 0.05) is 4.47 Å². The van der Waals surface area contributed by atoms with Crippen molar-refractivity contribution in [1.29, 1.82) is 0 Å². The maximum absolute atomic E-state index is 12.6. The van der Waals surface area contributed by atoms with Gasteiger partial charge in [0.1, 0.15) is 9.39 Å². The van der Waals surface area contributed by atoms with Gasteiger partial charge in [0.25, 0.3) is 6.43 Å². The first-order valence-electron chi connectivity index (χ1n) is 4.15. The number of ether oxygens (including phenoxy) is 1. The number of carbonyl (C=O) groups excluding carboxylic acids is 1. The van der Waals surface area contributed by atoms with Gasteiger partial charge in [-0.05, 0) is 50.2 Å². The van der Waals surface area contributed by atoms with Gasteiger partial charge in [-0.25, -0.2) is 13.8 Å². The van der Waals surface area contributed by atoms with E-state index >= 15 is 0 Å². The van der Waals surface area contributed by atoms with Crippen LogP contribution in [0.3, 0.4) is 0 Å². The Hall–Kier alpha value is -0.310. The summed E-state index contributed by atoms with van der Waals surface area (Å²) in [5.74, 6) is -0.483. The molecule has 88 valence electrons. The van der Waals surface area contributed by atoms with E-state index in [9.17, 15) is 13.6 Å². The maximum Gasteiger partial charge on any atom is 0.310 e. The number of halogens is 4. The molecule has 0 bridgehead atoms. The normalized spacial score (nSPS) is 10.6. The standard InChI is InChI=1S/C9H7BrF2INO2/c1-16-6(15)3-4-2-5(13)14-8(7(4)10)9(11)12/h2,9H,3H2,1H3. The second-order valence-corrected chi connectivity index (χ2v) is 4.76. The van der Waals surface area contributed by atoms with E-state index in [0.29, 0.717) is 9.26 Å². The SMILES string of the molecule is COC(=O)Cc1cc(I)nc(C(F)F)c1Br. The minimum atomic E-state index is -2.68. The molecule has 0 aliphatic rings. The Labute approximate surface area is 113 Å². The highest BCUT2D eigenvalue weighted by Crippen LogP contribution is 2.30. The highest BCUT2D eigenvalue weighted by Gasteiger charge is 2.19. The lowest BCUT2D eigenvalue weighted by Crippen LogP contribution is -2.07. The number of hydrogen-bond acceptors (Lipinski definition) is 3. The predicted molar refractivity (Wildman–Crippen MR) is 65.3 cm³/mol. The van der Waals surface area contributed by atoms with Crippen molar-refractivity contribution in [1.82, 2.24) is 4.98 Å². The van der Waals surface area contributed by atoms with E-state index in [1.54, 1.807) is 6.07 Å². The fourth-order valence-electron chi connectivity index (χ4n) is 1.07. The topological polar surface area (TPSA) is 39.2 Å². The van der Waals surface area contributed by atoms with Crippen LogP contribution in [0, 0.1) is 3.70 Å². The molecule has 0 aromatic carbocycles. The van der Waals surface area contributed by atoms with E-state index in [4.69, 9.17) is 0 Å². The highest BCUT2D eigenvalue weighted by atomic mass is 127. The molecule has 0 aliphatic carbocycles. The average Bonchev–Trinajstić information content (AvgIpc) is 2.22. The van der Waals surface area contributed by atoms with Gasteiger partial charge in [-0.1, -0.05) is 0 Å². The largest absolute Gasteiger partial charge is 0.469 e. The molecule has 0 atom stereocenters. The van der Waals surface area contributed by atoms with Crippen LogP contribution in [0.4, 0.5) is 8.78 Å². The molecule has 0 unspecified atom stereocenters. The molecule has 1 heterocycles. The van der Waals surface area contributed by atoms with Crippen LogP contribution in [0.5, 0.6) is 0 Å². The van der Waals surface area contributed by atoms with Crippen LogP contribution in [0.15, 0.2) is 10.5 Å². The molecule has 0 spiro atoms. The number of pyridine rings is 1. The number of esters is 1. The lowest BCUT2D eigenvalue weighted by Gasteiger charge is -2.08. The number of carbonyl (C=O) groups is 1. The summed E-state index contributed by atoms with van der Waals surface area (Å²) in [7, 11) is 1.25. The Morgan fingerprint density at radius 1 is 1.69 bits per heavy atom. The summed E-state index contributed by atoms with van der Waals surface area (Å²) in [6.07, 6.45) is -2.74. The van der Waals surface area contributed by atoms with Crippen molar-refractivity contribution < 1.29 is 18.3 Å².